The van der Waals surface area contributed by atoms with Gasteiger partial charge in [-0.1, -0.05) is 75.7 Å². The Balaban J connectivity index is 0.00000782. The maximum absolute atomic E-state index is 14.2. The number of para-hydroxylation sites is 1. The van der Waals surface area contributed by atoms with Crippen LogP contribution in [-0.2, 0) is 48.0 Å². The van der Waals surface area contributed by atoms with Gasteiger partial charge in [-0.3, -0.25) is 38.7 Å². The van der Waals surface area contributed by atoms with Gasteiger partial charge in [-0.15, -0.1) is 23.7 Å². The molecule has 0 saturated carbocycles. The van der Waals surface area contributed by atoms with Crippen LogP contribution in [0.25, 0.3) is 10.4 Å². The molecule has 6 amide bonds. The van der Waals surface area contributed by atoms with Crippen LogP contribution in [0.3, 0.4) is 0 Å². The zero-order valence-electron chi connectivity index (χ0n) is 40.0. The zero-order valence-corrected chi connectivity index (χ0v) is 41.7. The number of aliphatic hydroxyl groups excluding tert-OH is 1. The molecule has 1 fully saturated rings. The third-order valence-corrected chi connectivity index (χ3v) is 14.4. The van der Waals surface area contributed by atoms with Crippen molar-refractivity contribution in [3.8, 4) is 10.4 Å². The van der Waals surface area contributed by atoms with E-state index in [0.717, 1.165) is 56.9 Å². The first-order valence-corrected chi connectivity index (χ1v) is 24.6. The van der Waals surface area contributed by atoms with E-state index in [2.05, 4.69) is 25.9 Å². The minimum Gasteiger partial charge on any atom is -0.391 e. The van der Waals surface area contributed by atoms with Crippen LogP contribution in [0.1, 0.15) is 125 Å². The Morgan fingerprint density at radius 3 is 2.30 bits per heavy atom. The van der Waals surface area contributed by atoms with Crippen LogP contribution in [0.4, 0.5) is 5.69 Å². The molecule has 18 heteroatoms. The number of nitrogens with one attached hydrogen (secondary N) is 3. The fraction of sp³-hybridized carbons (Fsp3) is 0.490. The number of carbonyl (C=O) groups excluding carboxylic acids is 6. The van der Waals surface area contributed by atoms with Crippen LogP contribution in [0, 0.1) is 12.3 Å². The van der Waals surface area contributed by atoms with E-state index < -0.39 is 53.5 Å². The average molecular weight is 985 g/mol. The monoisotopic (exact) mass is 983 g/mol. The number of halogens is 1. The standard InChI is InChI=1S/C51H65N9O7S.ClH/c1-29(32-15-17-34(18-16-32)45-30(2)55-28-68-45)56-47(64)40-25-36(61)27-59(40)50(67)46(51(3,4)5)58-43(63)13-8-6-7-10-31-14-21-38(54-26-31)39(22-23-42(53)62)57-48(65)41-24-35-12-9-11-33-19-20-37(52)49(66)60(41)44(33)35;/h9,11-12,14-18,21,26,28-29,36-37,39-41,46,61H,6-8,10,13,19-20,22-25,27,52H2,1-5H3,(H2,53,62)(H,56,64)(H,57,65)(H,58,63);1H/t29-,36+,37-,39+,40-,41-,46+;/m0./s1. The number of anilines is 1. The van der Waals surface area contributed by atoms with E-state index in [1.807, 2.05) is 94.7 Å². The fourth-order valence-corrected chi connectivity index (χ4v) is 10.4. The quantitative estimate of drug-likeness (QED) is 0.0724. The number of nitrogens with two attached hydrogens (primary N) is 2. The number of rotatable bonds is 18. The molecule has 0 unspecified atom stereocenters. The number of carbonyl (C=O) groups is 6. The van der Waals surface area contributed by atoms with Crippen LogP contribution in [0.5, 0.6) is 0 Å². The third kappa shape index (κ3) is 12.5. The van der Waals surface area contributed by atoms with Crippen molar-refractivity contribution < 1.29 is 33.9 Å². The predicted molar refractivity (Wildman–Crippen MR) is 267 cm³/mol. The number of pyridine rings is 1. The summed E-state index contributed by atoms with van der Waals surface area (Å²) in [7, 11) is 0. The van der Waals surface area contributed by atoms with E-state index >= 15 is 0 Å². The van der Waals surface area contributed by atoms with Gasteiger partial charge >= 0.3 is 0 Å². The highest BCUT2D eigenvalue weighted by molar-refractivity contribution is 7.13. The lowest BCUT2D eigenvalue weighted by atomic mass is 9.85. The minimum atomic E-state index is -0.922. The Labute approximate surface area is 414 Å². The number of likely N-dealkylation sites (tertiary alicyclic amines) is 1. The number of benzene rings is 2. The van der Waals surface area contributed by atoms with Crippen molar-refractivity contribution in [2.75, 3.05) is 11.4 Å². The molecule has 69 heavy (non-hydrogen) atoms. The Hall–Kier alpha value is -5.75. The largest absolute Gasteiger partial charge is 0.391 e. The molecule has 2 aromatic heterocycles. The number of aryl methyl sites for hydroxylation is 3. The van der Waals surface area contributed by atoms with Gasteiger partial charge in [0.2, 0.25) is 35.4 Å². The second-order valence-corrected chi connectivity index (χ2v) is 20.5. The van der Waals surface area contributed by atoms with Crippen LogP contribution >= 0.6 is 23.7 Å². The Kier molecular flexibility index (Phi) is 17.4. The first-order valence-electron chi connectivity index (χ1n) is 23.7. The van der Waals surface area contributed by atoms with Crippen molar-refractivity contribution in [2.45, 2.75) is 148 Å². The third-order valence-electron chi connectivity index (χ3n) is 13.4. The second-order valence-electron chi connectivity index (χ2n) is 19.6. The van der Waals surface area contributed by atoms with Crippen LogP contribution in [0.2, 0.25) is 0 Å². The molecule has 3 aliphatic rings. The number of primary amides is 1. The lowest BCUT2D eigenvalue weighted by Crippen LogP contribution is -2.57. The molecule has 16 nitrogen and oxygen atoms in total. The molecular weight excluding hydrogens is 918 g/mol. The lowest BCUT2D eigenvalue weighted by Gasteiger charge is -2.35. The molecule has 4 aromatic rings. The Bertz CT molecular complexity index is 2500. The maximum atomic E-state index is 14.2. The number of amides is 6. The van der Waals surface area contributed by atoms with E-state index in [1.54, 1.807) is 22.4 Å². The summed E-state index contributed by atoms with van der Waals surface area (Å²) in [4.78, 5) is 93.5. The fourth-order valence-electron chi connectivity index (χ4n) is 9.54. The number of β-amino-alcohol motifs (C(OH)–C–C–N with tert-alkyl or cyclic N) is 1. The number of hydrogen-bond donors (Lipinski definition) is 6. The molecule has 0 aliphatic carbocycles. The number of aliphatic hydroxyl groups is 1. The summed E-state index contributed by atoms with van der Waals surface area (Å²) in [5, 5.41) is 19.7. The van der Waals surface area contributed by atoms with Crippen molar-refractivity contribution in [3.63, 3.8) is 0 Å². The molecule has 0 radical (unpaired) electrons. The SMILES string of the molecule is Cc1ncsc1-c1ccc([C@H](C)NC(=O)[C@@H]2C[C@@H](O)CN2C(=O)[C@@H](NC(=O)CCCCCc2ccc([C@@H](CCC(N)=O)NC(=O)[C@@H]3Cc4cccc5c4N3C(=O)[C@@H](N)CC5)nc2)C(C)(C)C)cc1.Cl. The van der Waals surface area contributed by atoms with Gasteiger partial charge < -0.3 is 37.4 Å². The van der Waals surface area contributed by atoms with Crippen molar-refractivity contribution in [1.82, 2.24) is 30.8 Å². The summed E-state index contributed by atoms with van der Waals surface area (Å²) in [5.74, 6) is -2.19. The van der Waals surface area contributed by atoms with Gasteiger partial charge in [-0.2, -0.15) is 0 Å². The van der Waals surface area contributed by atoms with Crippen LogP contribution in [-0.4, -0.2) is 92.2 Å². The summed E-state index contributed by atoms with van der Waals surface area (Å²) in [6.45, 7) is 9.42. The first-order chi connectivity index (χ1) is 32.4. The highest BCUT2D eigenvalue weighted by Gasteiger charge is 2.45. The molecule has 8 N–H and O–H groups in total. The maximum Gasteiger partial charge on any atom is 0.246 e. The lowest BCUT2D eigenvalue weighted by molar-refractivity contribution is -0.144. The zero-order chi connectivity index (χ0) is 48.9. The van der Waals surface area contributed by atoms with E-state index in [4.69, 9.17) is 11.5 Å². The van der Waals surface area contributed by atoms with Crippen molar-refractivity contribution in [2.24, 2.45) is 16.9 Å². The molecule has 5 heterocycles. The van der Waals surface area contributed by atoms with Gasteiger partial charge in [0, 0.05) is 38.4 Å². The number of thiazole rings is 1. The number of unbranched alkanes of at least 4 members (excludes halogenated alkanes) is 2. The van der Waals surface area contributed by atoms with E-state index in [9.17, 15) is 33.9 Å². The molecule has 370 valence electrons. The molecule has 0 spiro atoms. The molecule has 3 aliphatic heterocycles. The van der Waals surface area contributed by atoms with Gasteiger partial charge in [0.15, 0.2) is 0 Å². The van der Waals surface area contributed by atoms with E-state index in [1.165, 1.54) is 4.90 Å². The molecule has 0 bridgehead atoms. The van der Waals surface area contributed by atoms with E-state index in [-0.39, 0.29) is 74.3 Å². The topological polar surface area (TPSA) is 243 Å². The molecule has 1 saturated heterocycles. The molecular formula is C51H66ClN9O7S. The van der Waals surface area contributed by atoms with Crippen molar-refractivity contribution >= 4 is 64.9 Å². The highest BCUT2D eigenvalue weighted by atomic mass is 35.5. The number of hydrogen-bond acceptors (Lipinski definition) is 11. The molecule has 2 aromatic carbocycles. The highest BCUT2D eigenvalue weighted by Crippen LogP contribution is 2.39. The smallest absolute Gasteiger partial charge is 0.246 e. The average Bonchev–Trinajstić information content (AvgIpc) is 4.02. The number of nitrogens with zero attached hydrogens (tertiary/aromatic N) is 4. The van der Waals surface area contributed by atoms with Crippen LogP contribution in [0.15, 0.2) is 66.3 Å². The molecule has 7 atom stereocenters. The van der Waals surface area contributed by atoms with Gasteiger partial charge in [0.1, 0.15) is 18.1 Å². The van der Waals surface area contributed by atoms with Gasteiger partial charge in [-0.25, -0.2) is 4.98 Å². The minimum absolute atomic E-state index is 0. The van der Waals surface area contributed by atoms with Crippen molar-refractivity contribution in [3.05, 3.63) is 99.9 Å². The summed E-state index contributed by atoms with van der Waals surface area (Å²) in [6.07, 6.45) is 5.69. The normalized spacial score (nSPS) is 20.0. The van der Waals surface area contributed by atoms with Crippen molar-refractivity contribution in [1.29, 1.82) is 0 Å². The number of aromatic nitrogens is 2. The van der Waals surface area contributed by atoms with Gasteiger partial charge in [0.25, 0.3) is 0 Å². The van der Waals surface area contributed by atoms with Gasteiger partial charge in [0.05, 0.1) is 51.7 Å². The van der Waals surface area contributed by atoms with E-state index in [0.29, 0.717) is 37.8 Å². The summed E-state index contributed by atoms with van der Waals surface area (Å²) in [5.41, 5.74) is 20.0. The summed E-state index contributed by atoms with van der Waals surface area (Å²) < 4.78 is 0. The summed E-state index contributed by atoms with van der Waals surface area (Å²) in [6, 6.07) is 13.2. The molecule has 7 rings (SSSR count). The Morgan fingerprint density at radius 1 is 0.913 bits per heavy atom. The Morgan fingerprint density at radius 2 is 1.64 bits per heavy atom. The van der Waals surface area contributed by atoms with Crippen LogP contribution < -0.4 is 32.3 Å². The summed E-state index contributed by atoms with van der Waals surface area (Å²) >= 11 is 1.57. The first kappa shape index (κ1) is 52.6. The second kappa shape index (κ2) is 22.8. The van der Waals surface area contributed by atoms with Gasteiger partial charge in [-0.05, 0) is 91.7 Å². The predicted octanol–water partition coefficient (Wildman–Crippen LogP) is 5.06.